The number of rotatable bonds is 5. The molecule has 2 aromatic heterocycles. The fraction of sp³-hybridized carbons (Fsp3) is 0.350. The van der Waals surface area contributed by atoms with Crippen LogP contribution in [0.2, 0.25) is 0 Å². The lowest BCUT2D eigenvalue weighted by Gasteiger charge is -2.33. The van der Waals surface area contributed by atoms with Crippen LogP contribution in [-0.4, -0.2) is 60.7 Å². The van der Waals surface area contributed by atoms with Crippen LogP contribution in [0, 0.1) is 0 Å². The Morgan fingerprint density at radius 3 is 2.82 bits per heavy atom. The van der Waals surface area contributed by atoms with E-state index in [2.05, 4.69) is 22.4 Å². The average molecular weight is 398 g/mol. The fourth-order valence-corrected chi connectivity index (χ4v) is 4.35. The Morgan fingerprint density at radius 2 is 2.11 bits per heavy atom. The molecule has 146 valence electrons. The van der Waals surface area contributed by atoms with Gasteiger partial charge in [0.2, 0.25) is 5.91 Å². The molecule has 1 aliphatic rings. The van der Waals surface area contributed by atoms with Crippen molar-refractivity contribution in [3.63, 3.8) is 0 Å². The zero-order valence-electron chi connectivity index (χ0n) is 16.0. The molecule has 1 saturated heterocycles. The Bertz CT molecular complexity index is 989. The molecule has 8 heteroatoms. The topological polar surface area (TPSA) is 84.6 Å². The maximum Gasteiger partial charge on any atom is 0.248 e. The summed E-state index contributed by atoms with van der Waals surface area (Å²) in [6.45, 7) is 2.13. The molecular formula is C20H23N5O2S. The number of carbonyl (C=O) groups excluding carboxylic acids is 1. The largest absolute Gasteiger partial charge is 0.367 e. The van der Waals surface area contributed by atoms with Crippen molar-refractivity contribution in [2.45, 2.75) is 12.6 Å². The summed E-state index contributed by atoms with van der Waals surface area (Å²) in [6, 6.07) is 10.2. The third-order valence-electron chi connectivity index (χ3n) is 4.69. The molecule has 1 atom stereocenters. The second-order valence-corrected chi connectivity index (χ2v) is 7.96. The minimum atomic E-state index is -0.630. The number of hydrogen-bond acceptors (Lipinski definition) is 7. The summed E-state index contributed by atoms with van der Waals surface area (Å²) in [5.41, 5.74) is 7.72. The number of nitrogens with two attached hydrogens (primary N) is 1. The Morgan fingerprint density at radius 1 is 1.32 bits per heavy atom. The minimum Gasteiger partial charge on any atom is -0.367 e. The number of carbonyl (C=O) groups is 1. The van der Waals surface area contributed by atoms with E-state index in [1.54, 1.807) is 11.3 Å². The van der Waals surface area contributed by atoms with E-state index in [0.717, 1.165) is 33.0 Å². The van der Waals surface area contributed by atoms with Crippen molar-refractivity contribution in [3.05, 3.63) is 41.5 Å². The molecule has 0 radical (unpaired) electrons. The van der Waals surface area contributed by atoms with Crippen LogP contribution in [0.1, 0.15) is 5.82 Å². The second-order valence-electron chi connectivity index (χ2n) is 7.10. The molecule has 1 fully saturated rings. The van der Waals surface area contributed by atoms with Gasteiger partial charge in [-0.05, 0) is 19.7 Å². The van der Waals surface area contributed by atoms with Gasteiger partial charge in [-0.1, -0.05) is 30.3 Å². The highest BCUT2D eigenvalue weighted by Crippen LogP contribution is 2.38. The maximum absolute atomic E-state index is 11.7. The van der Waals surface area contributed by atoms with Gasteiger partial charge in [0.1, 0.15) is 16.5 Å². The van der Waals surface area contributed by atoms with Crippen LogP contribution in [0.3, 0.4) is 0 Å². The number of primary amides is 1. The average Bonchev–Trinajstić information content (AvgIpc) is 3.11. The molecule has 0 spiro atoms. The molecule has 0 aliphatic carbocycles. The summed E-state index contributed by atoms with van der Waals surface area (Å²) in [7, 11) is 3.99. The van der Waals surface area contributed by atoms with E-state index < -0.39 is 12.0 Å². The van der Waals surface area contributed by atoms with E-state index in [1.807, 2.05) is 37.2 Å². The molecule has 28 heavy (non-hydrogen) atoms. The predicted molar refractivity (Wildman–Crippen MR) is 111 cm³/mol. The lowest BCUT2D eigenvalue weighted by molar-refractivity contribution is -0.130. The van der Waals surface area contributed by atoms with Gasteiger partial charge in [0.25, 0.3) is 0 Å². The van der Waals surface area contributed by atoms with Crippen LogP contribution in [-0.2, 0) is 16.1 Å². The Balaban J connectivity index is 1.85. The molecule has 4 rings (SSSR count). The third kappa shape index (κ3) is 3.71. The number of nitrogens with zero attached hydrogens (tertiary/aromatic N) is 4. The first-order valence-electron chi connectivity index (χ1n) is 9.17. The lowest BCUT2D eigenvalue weighted by atomic mass is 10.1. The minimum absolute atomic E-state index is 0.396. The number of aromatic nitrogens is 2. The van der Waals surface area contributed by atoms with Crippen LogP contribution in [0.5, 0.6) is 0 Å². The SMILES string of the molecule is CN(C)Cc1nc(N2CCOC(C(N)=O)C2)c2c(-c3ccccc3)csc2n1. The zero-order chi connectivity index (χ0) is 19.7. The summed E-state index contributed by atoms with van der Waals surface area (Å²) in [5, 5.41) is 3.15. The summed E-state index contributed by atoms with van der Waals surface area (Å²) in [6.07, 6.45) is -0.630. The summed E-state index contributed by atoms with van der Waals surface area (Å²) in [5.74, 6) is 1.16. The van der Waals surface area contributed by atoms with Crippen LogP contribution in [0.25, 0.3) is 21.3 Å². The monoisotopic (exact) mass is 397 g/mol. The highest BCUT2D eigenvalue weighted by Gasteiger charge is 2.28. The third-order valence-corrected chi connectivity index (χ3v) is 5.56. The van der Waals surface area contributed by atoms with Gasteiger partial charge < -0.3 is 20.3 Å². The quantitative estimate of drug-likeness (QED) is 0.710. The fourth-order valence-electron chi connectivity index (χ4n) is 3.39. The van der Waals surface area contributed by atoms with Gasteiger partial charge in [-0.2, -0.15) is 0 Å². The number of ether oxygens (including phenoxy) is 1. The van der Waals surface area contributed by atoms with E-state index in [4.69, 9.17) is 20.4 Å². The predicted octanol–water partition coefficient (Wildman–Crippen LogP) is 2.11. The molecule has 1 aliphatic heterocycles. The smallest absolute Gasteiger partial charge is 0.248 e. The van der Waals surface area contributed by atoms with Gasteiger partial charge in [-0.25, -0.2) is 9.97 Å². The number of morpholine rings is 1. The Labute approximate surface area is 167 Å². The summed E-state index contributed by atoms with van der Waals surface area (Å²) < 4.78 is 5.53. The van der Waals surface area contributed by atoms with E-state index in [9.17, 15) is 4.79 Å². The van der Waals surface area contributed by atoms with Crippen molar-refractivity contribution in [2.24, 2.45) is 5.73 Å². The Kier molecular flexibility index (Phi) is 5.25. The highest BCUT2D eigenvalue weighted by molar-refractivity contribution is 7.17. The van der Waals surface area contributed by atoms with Gasteiger partial charge in [0, 0.05) is 17.5 Å². The van der Waals surface area contributed by atoms with E-state index >= 15 is 0 Å². The van der Waals surface area contributed by atoms with Gasteiger partial charge in [-0.3, -0.25) is 4.79 Å². The Hall–Kier alpha value is -2.55. The number of fused-ring (bicyclic) bond motifs is 1. The first kappa shape index (κ1) is 18.8. The van der Waals surface area contributed by atoms with Crippen molar-refractivity contribution in [1.29, 1.82) is 0 Å². The van der Waals surface area contributed by atoms with E-state index in [1.165, 1.54) is 0 Å². The molecule has 2 N–H and O–H groups in total. The van der Waals surface area contributed by atoms with Crippen LogP contribution in [0.15, 0.2) is 35.7 Å². The van der Waals surface area contributed by atoms with Gasteiger partial charge in [0.15, 0.2) is 6.10 Å². The molecule has 1 amide bonds. The first-order chi connectivity index (χ1) is 13.5. The number of hydrogen-bond donors (Lipinski definition) is 1. The lowest BCUT2D eigenvalue weighted by Crippen LogP contribution is -2.48. The summed E-state index contributed by atoms with van der Waals surface area (Å²) >= 11 is 1.62. The molecule has 3 aromatic rings. The number of benzene rings is 1. The van der Waals surface area contributed by atoms with Crippen molar-refractivity contribution in [1.82, 2.24) is 14.9 Å². The molecule has 1 unspecified atom stereocenters. The summed E-state index contributed by atoms with van der Waals surface area (Å²) in [4.78, 5) is 26.4. The van der Waals surface area contributed by atoms with Crippen molar-refractivity contribution >= 4 is 33.3 Å². The number of amides is 1. The maximum atomic E-state index is 11.7. The van der Waals surface area contributed by atoms with Crippen molar-refractivity contribution in [2.75, 3.05) is 38.7 Å². The van der Waals surface area contributed by atoms with Crippen molar-refractivity contribution < 1.29 is 9.53 Å². The zero-order valence-corrected chi connectivity index (χ0v) is 16.8. The highest BCUT2D eigenvalue weighted by atomic mass is 32.1. The number of thiophene rings is 1. The van der Waals surface area contributed by atoms with Crippen LogP contribution >= 0.6 is 11.3 Å². The second kappa shape index (κ2) is 7.83. The van der Waals surface area contributed by atoms with Gasteiger partial charge in [-0.15, -0.1) is 11.3 Å². The standard InChI is InChI=1S/C20H23N5O2S/c1-24(2)11-16-22-19(25-8-9-27-15(10-25)18(21)26)17-14(12-28-20(17)23-16)13-6-4-3-5-7-13/h3-7,12,15H,8-11H2,1-2H3,(H2,21,26). The molecular weight excluding hydrogens is 374 g/mol. The van der Waals surface area contributed by atoms with Crippen LogP contribution < -0.4 is 10.6 Å². The molecule has 0 bridgehead atoms. The van der Waals surface area contributed by atoms with E-state index in [-0.39, 0.29) is 0 Å². The first-order valence-corrected chi connectivity index (χ1v) is 10.0. The molecule has 0 saturated carbocycles. The molecule has 1 aromatic carbocycles. The molecule has 3 heterocycles. The normalized spacial score (nSPS) is 17.4. The van der Waals surface area contributed by atoms with Gasteiger partial charge in [0.05, 0.1) is 25.1 Å². The van der Waals surface area contributed by atoms with Gasteiger partial charge >= 0.3 is 0 Å². The number of anilines is 1. The van der Waals surface area contributed by atoms with Crippen LogP contribution in [0.4, 0.5) is 5.82 Å². The molecule has 7 nitrogen and oxygen atoms in total. The van der Waals surface area contributed by atoms with E-state index in [0.29, 0.717) is 26.2 Å². The van der Waals surface area contributed by atoms with Crippen molar-refractivity contribution in [3.8, 4) is 11.1 Å².